The Balaban J connectivity index is 1.83. The van der Waals surface area contributed by atoms with E-state index in [2.05, 4.69) is 6.58 Å². The molecule has 35 heavy (non-hydrogen) atoms. The Morgan fingerprint density at radius 1 is 1.00 bits per heavy atom. The summed E-state index contributed by atoms with van der Waals surface area (Å²) in [6.45, 7) is 4.01. The fourth-order valence-electron chi connectivity index (χ4n) is 5.74. The molecule has 5 rings (SSSR count). The molecule has 0 spiro atoms. The largest absolute Gasteiger partial charge is 0.508 e. The minimum absolute atomic E-state index is 0.0394. The van der Waals surface area contributed by atoms with Crippen LogP contribution in [-0.2, 0) is 15.0 Å². The van der Waals surface area contributed by atoms with Crippen LogP contribution in [0.3, 0.4) is 0 Å². The molecule has 4 heteroatoms. The molecule has 174 valence electrons. The van der Waals surface area contributed by atoms with Crippen LogP contribution in [0.5, 0.6) is 11.5 Å². The van der Waals surface area contributed by atoms with Crippen LogP contribution in [0.25, 0.3) is 5.57 Å². The van der Waals surface area contributed by atoms with Crippen LogP contribution < -0.4 is 4.74 Å². The van der Waals surface area contributed by atoms with E-state index in [1.54, 1.807) is 31.4 Å². The zero-order valence-electron chi connectivity index (χ0n) is 19.5. The first kappa shape index (κ1) is 22.6. The summed E-state index contributed by atoms with van der Waals surface area (Å²) in [4.78, 5) is 28.5. The first-order chi connectivity index (χ1) is 17.0. The summed E-state index contributed by atoms with van der Waals surface area (Å²) >= 11 is 0. The molecule has 0 amide bonds. The van der Waals surface area contributed by atoms with Crippen molar-refractivity contribution in [2.45, 2.75) is 17.8 Å². The molecule has 0 aromatic heterocycles. The summed E-state index contributed by atoms with van der Waals surface area (Å²) in [6.07, 6.45) is 5.59. The topological polar surface area (TPSA) is 63.6 Å². The number of ketones is 2. The van der Waals surface area contributed by atoms with Gasteiger partial charge in [0.15, 0.2) is 11.6 Å². The molecule has 3 aromatic rings. The van der Waals surface area contributed by atoms with E-state index in [0.29, 0.717) is 23.3 Å². The highest BCUT2D eigenvalue weighted by molar-refractivity contribution is 6.31. The first-order valence-corrected chi connectivity index (χ1v) is 11.6. The molecule has 1 N–H and O–H groups in total. The van der Waals surface area contributed by atoms with Crippen molar-refractivity contribution in [3.8, 4) is 11.5 Å². The lowest BCUT2D eigenvalue weighted by atomic mass is 9.50. The Bertz CT molecular complexity index is 1370. The summed E-state index contributed by atoms with van der Waals surface area (Å²) in [6, 6.07) is 23.7. The van der Waals surface area contributed by atoms with E-state index in [0.717, 1.165) is 16.7 Å². The molecule has 3 unspecified atom stereocenters. The summed E-state index contributed by atoms with van der Waals surface area (Å²) in [5.74, 6) is -0.907. The Labute approximate surface area is 204 Å². The fourth-order valence-corrected chi connectivity index (χ4v) is 5.74. The van der Waals surface area contributed by atoms with Crippen molar-refractivity contribution >= 4 is 17.1 Å². The second-order valence-corrected chi connectivity index (χ2v) is 8.94. The molecule has 0 fully saturated rings. The number of carbonyl (C=O) groups excluding carboxylic acids is 2. The molecule has 0 radical (unpaired) electrons. The predicted molar refractivity (Wildman–Crippen MR) is 136 cm³/mol. The summed E-state index contributed by atoms with van der Waals surface area (Å²) in [5.41, 5.74) is 1.99. The van der Waals surface area contributed by atoms with Crippen molar-refractivity contribution in [3.05, 3.63) is 126 Å². The lowest BCUT2D eigenvalue weighted by Crippen LogP contribution is -2.54. The number of hydrogen-bond donors (Lipinski definition) is 1. The van der Waals surface area contributed by atoms with Crippen molar-refractivity contribution in [2.24, 2.45) is 5.92 Å². The number of methoxy groups -OCH3 is 1. The number of allylic oxidation sites excluding steroid dienone is 5. The molecule has 0 saturated carbocycles. The second kappa shape index (κ2) is 8.88. The quantitative estimate of drug-likeness (QED) is 0.521. The second-order valence-electron chi connectivity index (χ2n) is 8.94. The third-order valence-electron chi connectivity index (χ3n) is 7.31. The highest BCUT2D eigenvalue weighted by Gasteiger charge is 2.59. The fraction of sp³-hybridized carbons (Fsp3) is 0.161. The van der Waals surface area contributed by atoms with E-state index in [9.17, 15) is 14.7 Å². The molecule has 3 atom stereocenters. The number of carbonyl (C=O) groups is 2. The van der Waals surface area contributed by atoms with Crippen LogP contribution in [0.15, 0.2) is 109 Å². The Hall–Kier alpha value is -4.18. The van der Waals surface area contributed by atoms with E-state index < -0.39 is 17.3 Å². The molecule has 0 saturated heterocycles. The molecule has 3 aromatic carbocycles. The maximum absolute atomic E-state index is 14.4. The van der Waals surface area contributed by atoms with Crippen molar-refractivity contribution in [2.75, 3.05) is 7.11 Å². The molecule has 2 aliphatic carbocycles. The van der Waals surface area contributed by atoms with Crippen molar-refractivity contribution < 1.29 is 19.4 Å². The van der Waals surface area contributed by atoms with E-state index in [4.69, 9.17) is 4.74 Å². The molecule has 4 nitrogen and oxygen atoms in total. The van der Waals surface area contributed by atoms with Crippen LogP contribution in [0, 0.1) is 5.92 Å². The lowest BCUT2D eigenvalue weighted by molar-refractivity contribution is -0.131. The van der Waals surface area contributed by atoms with E-state index in [-0.39, 0.29) is 17.3 Å². The van der Waals surface area contributed by atoms with Gasteiger partial charge in [-0.3, -0.25) is 9.59 Å². The third kappa shape index (κ3) is 3.45. The number of phenolic OH excluding ortho intramolecular Hbond substituents is 1. The van der Waals surface area contributed by atoms with Gasteiger partial charge in [-0.1, -0.05) is 79.4 Å². The van der Waals surface area contributed by atoms with Crippen LogP contribution in [0.1, 0.15) is 29.0 Å². The molecular formula is C31H26O4. The highest BCUT2D eigenvalue weighted by atomic mass is 16.5. The standard InChI is InChI=1S/C31H26O4/c1-3-20-14-16-26-30(34)24(21-10-6-4-7-11-21)19-28(33)31(26,22-12-8-5-9-13-22)29(20)25-18-23(35-2)15-17-27(25)32/h3-15,17-19,26,29,32H,1,16H2,2H3. The van der Waals surface area contributed by atoms with Gasteiger partial charge >= 0.3 is 0 Å². The number of Topliss-reactive ketones (excluding diaryl/α,β-unsaturated/α-hetero) is 1. The van der Waals surface area contributed by atoms with E-state index in [1.165, 1.54) is 6.08 Å². The zero-order chi connectivity index (χ0) is 24.6. The number of ether oxygens (including phenoxy) is 1. The monoisotopic (exact) mass is 462 g/mol. The van der Waals surface area contributed by atoms with Gasteiger partial charge in [0.05, 0.1) is 12.5 Å². The van der Waals surface area contributed by atoms with Gasteiger partial charge in [-0.05, 0) is 47.4 Å². The lowest BCUT2D eigenvalue weighted by Gasteiger charge is -2.49. The molecular weight excluding hydrogens is 436 g/mol. The van der Waals surface area contributed by atoms with E-state index in [1.807, 2.05) is 66.7 Å². The van der Waals surface area contributed by atoms with Gasteiger partial charge in [-0.25, -0.2) is 0 Å². The summed E-state index contributed by atoms with van der Waals surface area (Å²) < 4.78 is 5.45. The third-order valence-corrected chi connectivity index (χ3v) is 7.31. The first-order valence-electron chi connectivity index (χ1n) is 11.6. The number of phenols is 1. The predicted octanol–water partition coefficient (Wildman–Crippen LogP) is 5.79. The number of hydrogen-bond acceptors (Lipinski definition) is 4. The average Bonchev–Trinajstić information content (AvgIpc) is 2.91. The van der Waals surface area contributed by atoms with Gasteiger partial charge in [0.1, 0.15) is 11.5 Å². The van der Waals surface area contributed by atoms with E-state index >= 15 is 0 Å². The summed E-state index contributed by atoms with van der Waals surface area (Å²) in [7, 11) is 1.56. The van der Waals surface area contributed by atoms with Crippen LogP contribution in [0.4, 0.5) is 0 Å². The maximum atomic E-state index is 14.4. The minimum Gasteiger partial charge on any atom is -0.508 e. The SMILES string of the molecule is C=CC1=CCC2C(=O)C(c3ccccc3)=CC(=O)C2(c2ccccc2)C1c1cc(OC)ccc1O. The van der Waals surface area contributed by atoms with Crippen LogP contribution >= 0.6 is 0 Å². The van der Waals surface area contributed by atoms with Gasteiger partial charge in [-0.15, -0.1) is 0 Å². The molecule has 0 bridgehead atoms. The van der Waals surface area contributed by atoms with Gasteiger partial charge in [-0.2, -0.15) is 0 Å². The Morgan fingerprint density at radius 2 is 1.69 bits per heavy atom. The van der Waals surface area contributed by atoms with Crippen molar-refractivity contribution in [3.63, 3.8) is 0 Å². The minimum atomic E-state index is -1.24. The van der Waals surface area contributed by atoms with Crippen LogP contribution in [0.2, 0.25) is 0 Å². The number of fused-ring (bicyclic) bond motifs is 1. The number of benzene rings is 3. The van der Waals surface area contributed by atoms with Crippen LogP contribution in [-0.4, -0.2) is 23.8 Å². The van der Waals surface area contributed by atoms with Gasteiger partial charge in [0.2, 0.25) is 0 Å². The van der Waals surface area contributed by atoms with Crippen molar-refractivity contribution in [1.29, 1.82) is 0 Å². The average molecular weight is 463 g/mol. The Morgan fingerprint density at radius 3 is 2.34 bits per heavy atom. The van der Waals surface area contributed by atoms with Crippen molar-refractivity contribution in [1.82, 2.24) is 0 Å². The molecule has 2 aliphatic rings. The maximum Gasteiger partial charge on any atom is 0.168 e. The number of aromatic hydroxyl groups is 1. The normalized spacial score (nSPS) is 23.7. The molecule has 0 aliphatic heterocycles. The van der Waals surface area contributed by atoms with Gasteiger partial charge < -0.3 is 9.84 Å². The van der Waals surface area contributed by atoms with Gasteiger partial charge in [0.25, 0.3) is 0 Å². The molecule has 0 heterocycles. The van der Waals surface area contributed by atoms with Gasteiger partial charge in [0, 0.05) is 23.0 Å². The summed E-state index contributed by atoms with van der Waals surface area (Å²) in [5, 5.41) is 11.0. The Kier molecular flexibility index (Phi) is 5.73. The smallest absolute Gasteiger partial charge is 0.168 e. The highest BCUT2D eigenvalue weighted by Crippen LogP contribution is 2.58. The zero-order valence-corrected chi connectivity index (χ0v) is 19.5. The number of rotatable bonds is 5.